The van der Waals surface area contributed by atoms with Crippen LogP contribution < -0.4 is 10.6 Å². The predicted molar refractivity (Wildman–Crippen MR) is 67.7 cm³/mol. The first-order valence-electron chi connectivity index (χ1n) is 5.89. The van der Waals surface area contributed by atoms with Crippen molar-refractivity contribution in [2.45, 2.75) is 12.5 Å². The van der Waals surface area contributed by atoms with Gasteiger partial charge in [0.25, 0.3) is 5.91 Å². The van der Waals surface area contributed by atoms with Crippen LogP contribution in [0.5, 0.6) is 0 Å². The Hall–Kier alpha value is -2.77. The van der Waals surface area contributed by atoms with Gasteiger partial charge in [0.1, 0.15) is 18.2 Å². The van der Waals surface area contributed by atoms with Crippen molar-refractivity contribution >= 4 is 23.5 Å². The first-order chi connectivity index (χ1) is 9.63. The number of hydrogen-bond acceptors (Lipinski definition) is 5. The monoisotopic (exact) mass is 275 g/mol. The van der Waals surface area contributed by atoms with Crippen LogP contribution in [-0.4, -0.2) is 32.6 Å². The van der Waals surface area contributed by atoms with Gasteiger partial charge in [-0.1, -0.05) is 0 Å². The van der Waals surface area contributed by atoms with E-state index in [1.807, 2.05) is 0 Å². The number of fused-ring (bicyclic) bond motifs is 1. The van der Waals surface area contributed by atoms with Crippen LogP contribution in [-0.2, 0) is 4.79 Å². The number of nitrogens with one attached hydrogen (secondary N) is 2. The summed E-state index contributed by atoms with van der Waals surface area (Å²) in [6.07, 6.45) is 1.21. The van der Waals surface area contributed by atoms with Gasteiger partial charge >= 0.3 is 0 Å². The normalized spacial score (nSPS) is 17.2. The van der Waals surface area contributed by atoms with Crippen molar-refractivity contribution in [1.82, 2.24) is 14.8 Å². The van der Waals surface area contributed by atoms with Crippen LogP contribution in [0, 0.1) is 5.82 Å². The van der Waals surface area contributed by atoms with Gasteiger partial charge in [0.05, 0.1) is 6.42 Å². The van der Waals surface area contributed by atoms with E-state index in [1.54, 1.807) is 0 Å². The molecule has 7 nitrogen and oxygen atoms in total. The molecule has 0 spiro atoms. The van der Waals surface area contributed by atoms with Crippen molar-refractivity contribution < 1.29 is 14.0 Å². The van der Waals surface area contributed by atoms with E-state index >= 15 is 0 Å². The van der Waals surface area contributed by atoms with Crippen LogP contribution in [0.15, 0.2) is 30.6 Å². The second-order valence-corrected chi connectivity index (χ2v) is 4.29. The highest BCUT2D eigenvalue weighted by atomic mass is 19.1. The number of halogens is 1. The third-order valence-corrected chi connectivity index (χ3v) is 2.89. The Kier molecular flexibility index (Phi) is 2.90. The van der Waals surface area contributed by atoms with Crippen LogP contribution in [0.2, 0.25) is 0 Å². The lowest BCUT2D eigenvalue weighted by molar-refractivity contribution is -0.117. The van der Waals surface area contributed by atoms with E-state index in [-0.39, 0.29) is 30.0 Å². The molecular weight excluding hydrogens is 265 g/mol. The Bertz CT molecular complexity index is 667. The molecule has 1 aromatic heterocycles. The van der Waals surface area contributed by atoms with Gasteiger partial charge in [-0.3, -0.25) is 9.59 Å². The molecule has 0 saturated carbocycles. The van der Waals surface area contributed by atoms with Gasteiger partial charge in [0.2, 0.25) is 11.9 Å². The number of anilines is 2. The van der Waals surface area contributed by atoms with Crippen molar-refractivity contribution in [2.24, 2.45) is 0 Å². The highest BCUT2D eigenvalue weighted by molar-refractivity contribution is 6.00. The van der Waals surface area contributed by atoms with Crippen LogP contribution in [0.3, 0.4) is 0 Å². The fourth-order valence-corrected chi connectivity index (χ4v) is 1.91. The number of rotatable bonds is 2. The number of benzene rings is 1. The summed E-state index contributed by atoms with van der Waals surface area (Å²) in [5, 5.41) is 9.17. The maximum atomic E-state index is 12.8. The van der Waals surface area contributed by atoms with E-state index in [9.17, 15) is 14.0 Å². The molecular formula is C12H10FN5O2. The number of carbonyl (C=O) groups is 2. The molecule has 1 amide bonds. The summed E-state index contributed by atoms with van der Waals surface area (Å²) in [4.78, 5) is 27.7. The van der Waals surface area contributed by atoms with E-state index in [1.165, 1.54) is 30.6 Å². The zero-order valence-electron chi connectivity index (χ0n) is 10.2. The standard InChI is InChI=1S/C12H10FN5O2/c13-7-1-3-8(4-2-7)16-11(20)9-5-10(19)18-12(17-9)14-6-15-18/h1-4,6,9H,5H2,(H,16,20)(H,14,15,17)/t9-/m0/s1. The Balaban J connectivity index is 1.73. The average Bonchev–Trinajstić information content (AvgIpc) is 2.90. The van der Waals surface area contributed by atoms with Crippen LogP contribution in [0.4, 0.5) is 16.0 Å². The number of nitrogens with zero attached hydrogens (tertiary/aromatic N) is 3. The lowest BCUT2D eigenvalue weighted by Gasteiger charge is -2.22. The molecule has 1 aliphatic heterocycles. The summed E-state index contributed by atoms with van der Waals surface area (Å²) in [5.41, 5.74) is 0.456. The van der Waals surface area contributed by atoms with E-state index in [0.717, 1.165) is 4.68 Å². The minimum Gasteiger partial charge on any atom is -0.342 e. The van der Waals surface area contributed by atoms with Crippen molar-refractivity contribution in [3.63, 3.8) is 0 Å². The number of hydrogen-bond donors (Lipinski definition) is 2. The van der Waals surface area contributed by atoms with E-state index in [2.05, 4.69) is 20.7 Å². The lowest BCUT2D eigenvalue weighted by atomic mass is 10.1. The summed E-state index contributed by atoms with van der Waals surface area (Å²) < 4.78 is 13.9. The van der Waals surface area contributed by atoms with E-state index in [4.69, 9.17) is 0 Å². The van der Waals surface area contributed by atoms with Gasteiger partial charge in [0, 0.05) is 5.69 Å². The van der Waals surface area contributed by atoms with Gasteiger partial charge in [-0.2, -0.15) is 14.8 Å². The number of amides is 1. The molecule has 20 heavy (non-hydrogen) atoms. The van der Waals surface area contributed by atoms with E-state index < -0.39 is 6.04 Å². The molecule has 1 atom stereocenters. The molecule has 0 aliphatic carbocycles. The zero-order valence-corrected chi connectivity index (χ0v) is 10.2. The van der Waals surface area contributed by atoms with Crippen molar-refractivity contribution in [1.29, 1.82) is 0 Å². The molecule has 0 bridgehead atoms. The van der Waals surface area contributed by atoms with Crippen molar-refractivity contribution in [2.75, 3.05) is 10.6 Å². The molecule has 2 N–H and O–H groups in total. The highest BCUT2D eigenvalue weighted by Crippen LogP contribution is 2.16. The molecule has 2 heterocycles. The SMILES string of the molecule is O=C(Nc1ccc(F)cc1)[C@@H]1CC(=O)n2ncnc2N1. The van der Waals surface area contributed by atoms with Crippen LogP contribution in [0.1, 0.15) is 11.2 Å². The quantitative estimate of drug-likeness (QED) is 0.849. The molecule has 0 unspecified atom stereocenters. The summed E-state index contributed by atoms with van der Waals surface area (Å²) in [5.74, 6) is -0.850. The lowest BCUT2D eigenvalue weighted by Crippen LogP contribution is -2.42. The molecule has 8 heteroatoms. The average molecular weight is 275 g/mol. The minimum absolute atomic E-state index is 0.0244. The summed E-state index contributed by atoms with van der Waals surface area (Å²) in [7, 11) is 0. The molecule has 1 aliphatic rings. The fraction of sp³-hybridized carbons (Fsp3) is 0.167. The third kappa shape index (κ3) is 2.22. The van der Waals surface area contributed by atoms with Gasteiger partial charge in [0.15, 0.2) is 0 Å². The Morgan fingerprint density at radius 1 is 1.40 bits per heavy atom. The topological polar surface area (TPSA) is 88.9 Å². The highest BCUT2D eigenvalue weighted by Gasteiger charge is 2.30. The summed E-state index contributed by atoms with van der Waals surface area (Å²) in [6.45, 7) is 0. The van der Waals surface area contributed by atoms with Crippen LogP contribution >= 0.6 is 0 Å². The maximum Gasteiger partial charge on any atom is 0.252 e. The molecule has 0 fully saturated rings. The van der Waals surface area contributed by atoms with Crippen LogP contribution in [0.25, 0.3) is 0 Å². The summed E-state index contributed by atoms with van der Waals surface area (Å²) >= 11 is 0. The molecule has 102 valence electrons. The summed E-state index contributed by atoms with van der Waals surface area (Å²) in [6, 6.07) is 4.64. The molecule has 0 saturated heterocycles. The Labute approximate surface area is 112 Å². The Morgan fingerprint density at radius 3 is 2.90 bits per heavy atom. The van der Waals surface area contributed by atoms with Gasteiger partial charge in [-0.25, -0.2) is 4.39 Å². The first-order valence-corrected chi connectivity index (χ1v) is 5.89. The maximum absolute atomic E-state index is 12.8. The molecule has 2 aromatic rings. The molecule has 1 aromatic carbocycles. The predicted octanol–water partition coefficient (Wildman–Crippen LogP) is 0.880. The molecule has 0 radical (unpaired) electrons. The number of carbonyl (C=O) groups excluding carboxylic acids is 2. The molecule has 3 rings (SSSR count). The Morgan fingerprint density at radius 2 is 2.15 bits per heavy atom. The zero-order chi connectivity index (χ0) is 14.1. The second kappa shape index (κ2) is 4.72. The fourth-order valence-electron chi connectivity index (χ4n) is 1.91. The van der Waals surface area contributed by atoms with Gasteiger partial charge < -0.3 is 10.6 Å². The largest absolute Gasteiger partial charge is 0.342 e. The first kappa shape index (κ1) is 12.3. The second-order valence-electron chi connectivity index (χ2n) is 4.29. The minimum atomic E-state index is -0.732. The van der Waals surface area contributed by atoms with Crippen molar-refractivity contribution in [3.8, 4) is 0 Å². The number of aromatic nitrogens is 3. The smallest absolute Gasteiger partial charge is 0.252 e. The van der Waals surface area contributed by atoms with Gasteiger partial charge in [-0.15, -0.1) is 0 Å². The van der Waals surface area contributed by atoms with Crippen molar-refractivity contribution in [3.05, 3.63) is 36.4 Å². The third-order valence-electron chi connectivity index (χ3n) is 2.89. The van der Waals surface area contributed by atoms with Gasteiger partial charge in [-0.05, 0) is 24.3 Å². The van der Waals surface area contributed by atoms with E-state index in [0.29, 0.717) is 5.69 Å².